The third-order valence-corrected chi connectivity index (χ3v) is 1.52. The van der Waals surface area contributed by atoms with Crippen molar-refractivity contribution >= 4 is 32.5 Å². The zero-order valence-electron chi connectivity index (χ0n) is 6.37. The minimum Gasteiger partial charge on any atom is -0.559 e. The highest BCUT2D eigenvalue weighted by Gasteiger charge is 2.16. The summed E-state index contributed by atoms with van der Waals surface area (Å²) >= 11 is 1.48. The van der Waals surface area contributed by atoms with Crippen LogP contribution in [0.15, 0.2) is 16.5 Å². The van der Waals surface area contributed by atoms with E-state index in [1.165, 1.54) is 34.7 Å². The summed E-state index contributed by atoms with van der Waals surface area (Å²) in [6.07, 6.45) is 0. The average Bonchev–Trinajstić information content (AvgIpc) is 2.48. The summed E-state index contributed by atoms with van der Waals surface area (Å²) < 4.78 is 9.03. The monoisotopic (exact) mass is 297 g/mol. The van der Waals surface area contributed by atoms with Gasteiger partial charge >= 0.3 is 9.95 Å². The molecule has 6 heteroatoms. The Morgan fingerprint density at radius 1 is 1.54 bits per heavy atom. The van der Waals surface area contributed by atoms with Crippen molar-refractivity contribution in [3.63, 3.8) is 0 Å². The molecule has 0 aliphatic heterocycles. The minimum atomic E-state index is -0.896. The number of carbonyl (C=O) groups excluding carboxylic acids is 2. The molecule has 1 aromatic heterocycles. The SMILES string of the molecule is O=C(I)OCc1ccc(C(=O)[OH2+])o1. The number of ether oxygens (including phenoxy) is 1. The number of halogens is 1. The first-order valence-corrected chi connectivity index (χ1v) is 4.34. The Kier molecular flexibility index (Phi) is 3.29. The molecule has 0 aromatic carbocycles. The molecule has 70 valence electrons. The molecular formula is C7H6IO5+. The molecule has 1 rings (SSSR count). The summed E-state index contributed by atoms with van der Waals surface area (Å²) in [6, 6.07) is 2.85. The molecule has 1 aromatic rings. The molecule has 0 saturated heterocycles. The van der Waals surface area contributed by atoms with E-state index in [4.69, 9.17) is 9.52 Å². The number of furan rings is 1. The Labute approximate surface area is 86.8 Å². The highest BCUT2D eigenvalue weighted by Crippen LogP contribution is 2.09. The van der Waals surface area contributed by atoms with Crippen LogP contribution in [0.1, 0.15) is 16.3 Å². The molecule has 0 spiro atoms. The second-order valence-electron chi connectivity index (χ2n) is 2.12. The van der Waals surface area contributed by atoms with Gasteiger partial charge in [-0.15, -0.1) is 0 Å². The van der Waals surface area contributed by atoms with Crippen molar-refractivity contribution in [3.05, 3.63) is 23.7 Å². The number of hydrogen-bond donors (Lipinski definition) is 0. The Morgan fingerprint density at radius 3 is 2.69 bits per heavy atom. The summed E-state index contributed by atoms with van der Waals surface area (Å²) in [4.78, 5) is 20.8. The van der Waals surface area contributed by atoms with Crippen LogP contribution in [-0.4, -0.2) is 15.1 Å². The van der Waals surface area contributed by atoms with E-state index in [2.05, 4.69) is 4.74 Å². The summed E-state index contributed by atoms with van der Waals surface area (Å²) in [7, 11) is 0. The van der Waals surface area contributed by atoms with Gasteiger partial charge in [0.05, 0.1) is 27.4 Å². The lowest BCUT2D eigenvalue weighted by atomic mass is 10.4. The van der Waals surface area contributed by atoms with Crippen LogP contribution in [0, 0.1) is 0 Å². The third-order valence-electron chi connectivity index (χ3n) is 1.21. The van der Waals surface area contributed by atoms with Crippen molar-refractivity contribution in [2.75, 3.05) is 0 Å². The second kappa shape index (κ2) is 4.26. The van der Waals surface area contributed by atoms with Gasteiger partial charge in [0.1, 0.15) is 12.4 Å². The summed E-state index contributed by atoms with van der Waals surface area (Å²) in [6.45, 7) is -0.0188. The molecule has 1 heterocycles. The van der Waals surface area contributed by atoms with E-state index in [1.807, 2.05) is 0 Å². The predicted octanol–water partition coefficient (Wildman–Crippen LogP) is 1.22. The fourth-order valence-corrected chi connectivity index (χ4v) is 0.861. The Morgan fingerprint density at radius 2 is 2.23 bits per heavy atom. The van der Waals surface area contributed by atoms with Crippen LogP contribution in [0.3, 0.4) is 0 Å². The van der Waals surface area contributed by atoms with Crippen LogP contribution in [-0.2, 0) is 11.3 Å². The first-order chi connectivity index (χ1) is 6.09. The van der Waals surface area contributed by atoms with Gasteiger partial charge in [-0.25, -0.2) is 4.79 Å². The van der Waals surface area contributed by atoms with Crippen LogP contribution in [0.2, 0.25) is 0 Å². The largest absolute Gasteiger partial charge is 0.584 e. The molecule has 0 atom stereocenters. The van der Waals surface area contributed by atoms with Crippen molar-refractivity contribution in [3.8, 4) is 0 Å². The molecule has 0 bridgehead atoms. The van der Waals surface area contributed by atoms with Crippen molar-refractivity contribution in [1.82, 2.24) is 0 Å². The summed E-state index contributed by atoms with van der Waals surface area (Å²) in [5.74, 6) is -0.604. The highest BCUT2D eigenvalue weighted by molar-refractivity contribution is 14.1. The maximum atomic E-state index is 10.5. The first kappa shape index (κ1) is 10.0. The van der Waals surface area contributed by atoms with Gasteiger partial charge in [-0.3, -0.25) is 0 Å². The Balaban J connectivity index is 2.59. The van der Waals surface area contributed by atoms with Gasteiger partial charge in [-0.2, -0.15) is 0 Å². The second-order valence-corrected chi connectivity index (χ2v) is 3.00. The Bertz CT molecular complexity index is 329. The highest BCUT2D eigenvalue weighted by atomic mass is 127. The maximum absolute atomic E-state index is 10.5. The molecule has 5 nitrogen and oxygen atoms in total. The topological polar surface area (TPSA) is 79.4 Å². The first-order valence-electron chi connectivity index (χ1n) is 3.26. The molecule has 13 heavy (non-hydrogen) atoms. The molecule has 0 aliphatic carbocycles. The van der Waals surface area contributed by atoms with Crippen molar-refractivity contribution in [2.45, 2.75) is 6.61 Å². The lowest BCUT2D eigenvalue weighted by Crippen LogP contribution is -1.94. The number of carbonyl (C=O) groups is 2. The maximum Gasteiger partial charge on any atom is 0.584 e. The summed E-state index contributed by atoms with van der Waals surface area (Å²) in [5, 5.41) is 6.71. The van der Waals surface area contributed by atoms with Crippen LogP contribution in [0.4, 0.5) is 4.79 Å². The zero-order valence-corrected chi connectivity index (χ0v) is 8.53. The fraction of sp³-hybridized carbons (Fsp3) is 0.143. The van der Waals surface area contributed by atoms with E-state index in [1.54, 1.807) is 0 Å². The number of hydrogen-bond acceptors (Lipinski definition) is 4. The van der Waals surface area contributed by atoms with Crippen molar-refractivity contribution < 1.29 is 23.8 Å². The van der Waals surface area contributed by atoms with E-state index >= 15 is 0 Å². The molecule has 0 amide bonds. The quantitative estimate of drug-likeness (QED) is 0.477. The van der Waals surface area contributed by atoms with E-state index in [9.17, 15) is 9.59 Å². The molecule has 0 aliphatic rings. The molecular weight excluding hydrogens is 291 g/mol. The average molecular weight is 297 g/mol. The lowest BCUT2D eigenvalue weighted by molar-refractivity contribution is 0.0657. The van der Waals surface area contributed by atoms with Gasteiger partial charge in [0, 0.05) is 0 Å². The fourth-order valence-electron chi connectivity index (χ4n) is 0.705. The number of rotatable bonds is 3. The Hall–Kier alpha value is -1.05. The molecule has 2 N–H and O–H groups in total. The third kappa shape index (κ3) is 3.05. The van der Waals surface area contributed by atoms with Crippen LogP contribution in [0.5, 0.6) is 0 Å². The van der Waals surface area contributed by atoms with E-state index < -0.39 is 9.95 Å². The predicted molar refractivity (Wildman–Crippen MR) is 50.9 cm³/mol. The van der Waals surface area contributed by atoms with Gasteiger partial charge in [0.15, 0.2) is 0 Å². The zero-order chi connectivity index (χ0) is 9.84. The van der Waals surface area contributed by atoms with E-state index in [0.717, 1.165) is 0 Å². The van der Waals surface area contributed by atoms with Gasteiger partial charge in [0.25, 0.3) is 5.76 Å². The van der Waals surface area contributed by atoms with E-state index in [0.29, 0.717) is 5.76 Å². The van der Waals surface area contributed by atoms with E-state index in [-0.39, 0.29) is 12.4 Å². The minimum absolute atomic E-state index is 0.0188. The van der Waals surface area contributed by atoms with Gasteiger partial charge < -0.3 is 14.3 Å². The normalized spacial score (nSPS) is 9.62. The molecule has 0 radical (unpaired) electrons. The smallest absolute Gasteiger partial charge is 0.559 e. The molecule has 0 saturated carbocycles. The van der Waals surface area contributed by atoms with Crippen LogP contribution in [0.25, 0.3) is 0 Å². The summed E-state index contributed by atoms with van der Waals surface area (Å²) in [5.41, 5.74) is 0. The van der Waals surface area contributed by atoms with Crippen molar-refractivity contribution in [2.24, 2.45) is 0 Å². The van der Waals surface area contributed by atoms with Crippen LogP contribution < -0.4 is 0 Å². The van der Waals surface area contributed by atoms with Gasteiger partial charge in [0.2, 0.25) is 0 Å². The van der Waals surface area contributed by atoms with Crippen molar-refractivity contribution in [1.29, 1.82) is 0 Å². The van der Waals surface area contributed by atoms with Gasteiger partial charge in [-0.1, -0.05) is 0 Å². The standard InChI is InChI=1S/C7H5IO5/c8-7(11)12-3-4-1-2-5(13-4)6(9)10/h1-2H,3H2,(H,9,10)/p+1. The van der Waals surface area contributed by atoms with Gasteiger partial charge in [-0.05, 0) is 12.1 Å². The molecule has 0 fully saturated rings. The van der Waals surface area contributed by atoms with Crippen LogP contribution >= 0.6 is 22.6 Å². The molecule has 0 unspecified atom stereocenters. The lowest BCUT2D eigenvalue weighted by Gasteiger charge is -1.94.